The Morgan fingerprint density at radius 3 is 2.67 bits per heavy atom. The Morgan fingerprint density at radius 1 is 1.11 bits per heavy atom. The molecule has 1 amide bonds. The molecule has 2 N–H and O–H groups in total. The molecule has 0 radical (unpaired) electrons. The number of methoxy groups -OCH3 is 1. The fourth-order valence-electron chi connectivity index (χ4n) is 2.59. The van der Waals surface area contributed by atoms with E-state index >= 15 is 0 Å². The van der Waals surface area contributed by atoms with Gasteiger partial charge in [0.2, 0.25) is 0 Å². The van der Waals surface area contributed by atoms with Gasteiger partial charge in [-0.3, -0.25) is 4.79 Å². The van der Waals surface area contributed by atoms with E-state index < -0.39 is 0 Å². The van der Waals surface area contributed by atoms with Crippen LogP contribution in [-0.4, -0.2) is 25.8 Å². The van der Waals surface area contributed by atoms with Crippen LogP contribution >= 0.6 is 45.2 Å². The number of hydrogen-bond donors (Lipinski definition) is 2. The van der Waals surface area contributed by atoms with Crippen molar-refractivity contribution in [3.8, 4) is 5.75 Å². The molecule has 27 heavy (non-hydrogen) atoms. The second-order valence-corrected chi connectivity index (χ2v) is 8.13. The van der Waals surface area contributed by atoms with Gasteiger partial charge in [0, 0.05) is 14.8 Å². The fourth-order valence-corrected chi connectivity index (χ4v) is 4.70. The van der Waals surface area contributed by atoms with Crippen molar-refractivity contribution in [3.63, 3.8) is 0 Å². The maximum absolute atomic E-state index is 12.0. The van der Waals surface area contributed by atoms with Crippen LogP contribution in [0.4, 0.5) is 5.69 Å². The molecule has 7 heteroatoms. The van der Waals surface area contributed by atoms with E-state index in [1.165, 1.54) is 0 Å². The zero-order valence-corrected chi connectivity index (χ0v) is 18.8. The summed E-state index contributed by atoms with van der Waals surface area (Å²) in [5, 5.41) is 9.45. The number of amides is 1. The third-order valence-electron chi connectivity index (χ3n) is 3.84. The van der Waals surface area contributed by atoms with Crippen molar-refractivity contribution in [2.45, 2.75) is 0 Å². The molecule has 0 saturated carbocycles. The first-order chi connectivity index (χ1) is 13.1. The first-order valence-electron chi connectivity index (χ1n) is 8.14. The second-order valence-electron chi connectivity index (χ2n) is 5.72. The molecule has 0 atom stereocenters. The average Bonchev–Trinajstić information content (AvgIpc) is 2.66. The van der Waals surface area contributed by atoms with E-state index in [1.54, 1.807) is 13.3 Å². The van der Waals surface area contributed by atoms with Crippen molar-refractivity contribution in [3.05, 3.63) is 67.3 Å². The normalized spacial score (nSPS) is 10.9. The smallest absolute Gasteiger partial charge is 0.259 e. The van der Waals surface area contributed by atoms with Gasteiger partial charge >= 0.3 is 0 Å². The molecule has 0 aliphatic heterocycles. The summed E-state index contributed by atoms with van der Waals surface area (Å²) in [6.45, 7) is 0.136. The Kier molecular flexibility index (Phi) is 6.89. The first-order valence-corrected chi connectivity index (χ1v) is 10.3. The Bertz CT molecular complexity index is 1010. The summed E-state index contributed by atoms with van der Waals surface area (Å²) >= 11 is 4.45. The number of carbonyl (C=O) groups excluding carboxylic acids is 1. The number of nitrogens with one attached hydrogen (secondary N) is 2. The van der Waals surface area contributed by atoms with Crippen LogP contribution in [0, 0.1) is 7.14 Å². The van der Waals surface area contributed by atoms with Crippen LogP contribution in [0.5, 0.6) is 5.75 Å². The van der Waals surface area contributed by atoms with Gasteiger partial charge in [-0.25, -0.2) is 5.43 Å². The summed E-state index contributed by atoms with van der Waals surface area (Å²) in [6.07, 6.45) is 1.59. The Morgan fingerprint density at radius 2 is 1.89 bits per heavy atom. The van der Waals surface area contributed by atoms with Crippen LogP contribution in [0.25, 0.3) is 10.8 Å². The van der Waals surface area contributed by atoms with Gasteiger partial charge in [0.15, 0.2) is 0 Å². The molecule has 3 aromatic rings. The summed E-state index contributed by atoms with van der Waals surface area (Å²) in [5.41, 5.74) is 4.24. The molecule has 138 valence electrons. The van der Waals surface area contributed by atoms with Gasteiger partial charge < -0.3 is 10.1 Å². The number of anilines is 1. The van der Waals surface area contributed by atoms with Crippen molar-refractivity contribution in [1.82, 2.24) is 5.43 Å². The van der Waals surface area contributed by atoms with E-state index in [2.05, 4.69) is 67.1 Å². The number of halogens is 2. The van der Waals surface area contributed by atoms with Gasteiger partial charge in [-0.1, -0.05) is 30.3 Å². The summed E-state index contributed by atoms with van der Waals surface area (Å²) in [4.78, 5) is 12.0. The molecular weight excluding hydrogens is 568 g/mol. The number of benzene rings is 3. The minimum absolute atomic E-state index is 0.136. The van der Waals surface area contributed by atoms with Crippen LogP contribution < -0.4 is 15.5 Å². The lowest BCUT2D eigenvalue weighted by Crippen LogP contribution is -2.25. The SMILES string of the molecule is COc1c(I)cc(I)cc1/C=N\NC(=O)CNc1ccc2ccccc2c1. The van der Waals surface area contributed by atoms with Crippen molar-refractivity contribution >= 4 is 73.8 Å². The molecule has 0 fully saturated rings. The second kappa shape index (κ2) is 9.36. The predicted octanol–water partition coefficient (Wildman–Crippen LogP) is 4.62. The molecule has 5 nitrogen and oxygen atoms in total. The quantitative estimate of drug-likeness (QED) is 0.252. The van der Waals surface area contributed by atoms with Crippen molar-refractivity contribution in [2.75, 3.05) is 19.0 Å². The number of rotatable bonds is 6. The minimum atomic E-state index is -0.223. The van der Waals surface area contributed by atoms with E-state index in [0.717, 1.165) is 34.9 Å². The number of nitrogens with zero attached hydrogens (tertiary/aromatic N) is 1. The zero-order valence-electron chi connectivity index (χ0n) is 14.5. The highest BCUT2D eigenvalue weighted by atomic mass is 127. The molecule has 0 aromatic heterocycles. The molecule has 0 unspecified atom stereocenters. The standard InChI is InChI=1S/C20H17I2N3O2/c1-27-20-15(8-16(21)10-18(20)22)11-24-25-19(26)12-23-17-7-6-13-4-2-3-5-14(13)9-17/h2-11,23H,12H2,1H3,(H,25,26)/b24-11-. The highest BCUT2D eigenvalue weighted by molar-refractivity contribution is 14.1. The molecule has 0 spiro atoms. The molecule has 0 aliphatic carbocycles. The lowest BCUT2D eigenvalue weighted by atomic mass is 10.1. The van der Waals surface area contributed by atoms with Crippen LogP contribution in [0.15, 0.2) is 59.7 Å². The monoisotopic (exact) mass is 585 g/mol. The fraction of sp³-hybridized carbons (Fsp3) is 0.100. The first kappa shape index (κ1) is 19.9. The number of ether oxygens (including phenoxy) is 1. The van der Waals surface area contributed by atoms with Crippen LogP contribution in [-0.2, 0) is 4.79 Å². The van der Waals surface area contributed by atoms with Gasteiger partial charge in [0.1, 0.15) is 5.75 Å². The zero-order chi connectivity index (χ0) is 19.2. The number of carbonyl (C=O) groups is 1. The van der Waals surface area contributed by atoms with Crippen molar-refractivity contribution in [2.24, 2.45) is 5.10 Å². The molecule has 0 aliphatic rings. The van der Waals surface area contributed by atoms with E-state index in [-0.39, 0.29) is 12.5 Å². The number of hydrogen-bond acceptors (Lipinski definition) is 4. The van der Waals surface area contributed by atoms with E-state index in [0.29, 0.717) is 0 Å². The average molecular weight is 585 g/mol. The molecule has 0 bridgehead atoms. The lowest BCUT2D eigenvalue weighted by molar-refractivity contribution is -0.119. The van der Waals surface area contributed by atoms with Crippen molar-refractivity contribution < 1.29 is 9.53 Å². The van der Waals surface area contributed by atoms with Crippen LogP contribution in [0.3, 0.4) is 0 Å². The van der Waals surface area contributed by atoms with E-state index in [1.807, 2.05) is 48.5 Å². The summed E-state index contributed by atoms with van der Waals surface area (Å²) in [5.74, 6) is 0.516. The molecule has 0 saturated heterocycles. The summed E-state index contributed by atoms with van der Waals surface area (Å²) in [6, 6.07) is 18.1. The lowest BCUT2D eigenvalue weighted by Gasteiger charge is -2.08. The molecule has 3 aromatic carbocycles. The van der Waals surface area contributed by atoms with E-state index in [9.17, 15) is 4.79 Å². The minimum Gasteiger partial charge on any atom is -0.495 e. The largest absolute Gasteiger partial charge is 0.495 e. The molecule has 3 rings (SSSR count). The third kappa shape index (κ3) is 5.32. The summed E-state index contributed by atoms with van der Waals surface area (Å²) < 4.78 is 7.47. The highest BCUT2D eigenvalue weighted by Gasteiger charge is 2.07. The Balaban J connectivity index is 1.58. The topological polar surface area (TPSA) is 62.7 Å². The van der Waals surface area contributed by atoms with Gasteiger partial charge in [-0.05, 0) is 80.2 Å². The number of fused-ring (bicyclic) bond motifs is 1. The molecule has 0 heterocycles. The van der Waals surface area contributed by atoms with Crippen molar-refractivity contribution in [1.29, 1.82) is 0 Å². The maximum atomic E-state index is 12.0. The third-order valence-corrected chi connectivity index (χ3v) is 5.26. The van der Waals surface area contributed by atoms with Gasteiger partial charge in [-0.15, -0.1) is 0 Å². The van der Waals surface area contributed by atoms with Crippen LogP contribution in [0.1, 0.15) is 5.56 Å². The predicted molar refractivity (Wildman–Crippen MR) is 127 cm³/mol. The molecular formula is C20H17I2N3O2. The highest BCUT2D eigenvalue weighted by Crippen LogP contribution is 2.26. The Labute approximate surface area is 184 Å². The van der Waals surface area contributed by atoms with Gasteiger partial charge in [0.05, 0.1) is 23.4 Å². The Hall–Kier alpha value is -1.88. The van der Waals surface area contributed by atoms with Gasteiger partial charge in [0.25, 0.3) is 5.91 Å². The summed E-state index contributed by atoms with van der Waals surface area (Å²) in [7, 11) is 1.62. The maximum Gasteiger partial charge on any atom is 0.259 e. The van der Waals surface area contributed by atoms with Gasteiger partial charge in [-0.2, -0.15) is 5.10 Å². The van der Waals surface area contributed by atoms with Crippen LogP contribution in [0.2, 0.25) is 0 Å². The number of hydrazone groups is 1. The van der Waals surface area contributed by atoms with E-state index in [4.69, 9.17) is 4.74 Å².